The monoisotopic (exact) mass is 269 g/mol. The van der Waals surface area contributed by atoms with Crippen molar-refractivity contribution in [3.05, 3.63) is 17.4 Å². The van der Waals surface area contributed by atoms with E-state index in [4.69, 9.17) is 0 Å². The first-order chi connectivity index (χ1) is 8.28. The van der Waals surface area contributed by atoms with Gasteiger partial charge in [-0.3, -0.25) is 9.89 Å². The molecular formula is C9H11N5OS2. The highest BCUT2D eigenvalue weighted by Crippen LogP contribution is 2.14. The Morgan fingerprint density at radius 1 is 1.65 bits per heavy atom. The van der Waals surface area contributed by atoms with Gasteiger partial charge in [-0.1, -0.05) is 18.7 Å². The second kappa shape index (κ2) is 5.78. The topological polar surface area (TPSA) is 83.6 Å². The highest BCUT2D eigenvalue weighted by atomic mass is 32.2. The maximum atomic E-state index is 11.5. The standard InChI is InChI=1S/C9H11N5OS2/c1-2-6-11-9(14-13-6)17-5-7(15)12-8-10-3-4-16-8/h3-4H,2,5H2,1H3,(H,10,12,15)(H,11,13,14). The number of thioether (sulfide) groups is 1. The summed E-state index contributed by atoms with van der Waals surface area (Å²) in [4.78, 5) is 19.7. The van der Waals surface area contributed by atoms with Gasteiger partial charge in [-0.05, 0) is 0 Å². The van der Waals surface area contributed by atoms with Crippen LogP contribution in [0.1, 0.15) is 12.7 Å². The zero-order valence-electron chi connectivity index (χ0n) is 9.14. The molecule has 0 aliphatic heterocycles. The number of nitrogens with zero attached hydrogens (tertiary/aromatic N) is 3. The smallest absolute Gasteiger partial charge is 0.236 e. The van der Waals surface area contributed by atoms with E-state index in [1.54, 1.807) is 6.20 Å². The summed E-state index contributed by atoms with van der Waals surface area (Å²) in [5.74, 6) is 1.00. The fourth-order valence-corrected chi connectivity index (χ4v) is 2.23. The molecule has 0 bridgehead atoms. The lowest BCUT2D eigenvalue weighted by Gasteiger charge is -1.98. The number of aryl methyl sites for hydroxylation is 1. The van der Waals surface area contributed by atoms with Crippen LogP contribution in [0.3, 0.4) is 0 Å². The number of anilines is 1. The van der Waals surface area contributed by atoms with E-state index in [1.165, 1.54) is 23.1 Å². The van der Waals surface area contributed by atoms with Crippen molar-refractivity contribution in [1.82, 2.24) is 20.2 Å². The van der Waals surface area contributed by atoms with E-state index in [1.807, 2.05) is 12.3 Å². The molecule has 2 aromatic heterocycles. The highest BCUT2D eigenvalue weighted by molar-refractivity contribution is 7.99. The molecule has 0 aliphatic carbocycles. The van der Waals surface area contributed by atoms with E-state index in [2.05, 4.69) is 25.5 Å². The molecule has 0 fully saturated rings. The highest BCUT2D eigenvalue weighted by Gasteiger charge is 2.08. The van der Waals surface area contributed by atoms with Gasteiger partial charge in [0, 0.05) is 18.0 Å². The van der Waals surface area contributed by atoms with Crippen LogP contribution >= 0.6 is 23.1 Å². The number of hydrogen-bond acceptors (Lipinski definition) is 6. The third kappa shape index (κ3) is 3.53. The van der Waals surface area contributed by atoms with Crippen LogP contribution in [-0.4, -0.2) is 31.8 Å². The molecule has 0 aromatic carbocycles. The molecule has 8 heteroatoms. The van der Waals surface area contributed by atoms with Crippen LogP contribution in [0, 0.1) is 0 Å². The van der Waals surface area contributed by atoms with Crippen molar-refractivity contribution in [2.75, 3.05) is 11.1 Å². The molecule has 17 heavy (non-hydrogen) atoms. The van der Waals surface area contributed by atoms with E-state index in [9.17, 15) is 4.79 Å². The zero-order chi connectivity index (χ0) is 12.1. The summed E-state index contributed by atoms with van der Waals surface area (Å²) < 4.78 is 0. The third-order valence-corrected chi connectivity index (χ3v) is 3.39. The van der Waals surface area contributed by atoms with Gasteiger partial charge in [-0.15, -0.1) is 16.4 Å². The van der Waals surface area contributed by atoms with E-state index in [0.29, 0.717) is 10.3 Å². The fourth-order valence-electron chi connectivity index (χ4n) is 1.07. The van der Waals surface area contributed by atoms with Crippen molar-refractivity contribution in [2.45, 2.75) is 18.5 Å². The van der Waals surface area contributed by atoms with E-state index in [-0.39, 0.29) is 11.7 Å². The summed E-state index contributed by atoms with van der Waals surface area (Å²) in [6.45, 7) is 1.99. The number of H-pyrrole nitrogens is 1. The Labute approximate surface area is 106 Å². The molecule has 0 spiro atoms. The summed E-state index contributed by atoms with van der Waals surface area (Å²) in [6.07, 6.45) is 2.45. The van der Waals surface area contributed by atoms with Crippen molar-refractivity contribution >= 4 is 34.1 Å². The van der Waals surface area contributed by atoms with Crippen molar-refractivity contribution in [3.8, 4) is 0 Å². The second-order valence-electron chi connectivity index (χ2n) is 3.09. The Bertz CT molecular complexity index is 481. The zero-order valence-corrected chi connectivity index (χ0v) is 10.8. The number of aromatic amines is 1. The van der Waals surface area contributed by atoms with Gasteiger partial charge < -0.3 is 5.32 Å². The molecule has 2 heterocycles. The summed E-state index contributed by atoms with van der Waals surface area (Å²) in [6, 6.07) is 0. The van der Waals surface area contributed by atoms with Crippen molar-refractivity contribution in [1.29, 1.82) is 0 Å². The van der Waals surface area contributed by atoms with Crippen LogP contribution in [0.4, 0.5) is 5.13 Å². The average molecular weight is 269 g/mol. The number of carbonyl (C=O) groups is 1. The maximum Gasteiger partial charge on any atom is 0.236 e. The maximum absolute atomic E-state index is 11.5. The van der Waals surface area contributed by atoms with Gasteiger partial charge in [-0.2, -0.15) is 0 Å². The Morgan fingerprint density at radius 3 is 3.18 bits per heavy atom. The van der Waals surface area contributed by atoms with Gasteiger partial charge >= 0.3 is 0 Å². The number of amides is 1. The van der Waals surface area contributed by atoms with Crippen LogP contribution in [0.5, 0.6) is 0 Å². The Morgan fingerprint density at radius 2 is 2.53 bits per heavy atom. The lowest BCUT2D eigenvalue weighted by molar-refractivity contribution is -0.113. The predicted molar refractivity (Wildman–Crippen MR) is 67.2 cm³/mol. The predicted octanol–water partition coefficient (Wildman–Crippen LogP) is 1.55. The average Bonchev–Trinajstić information content (AvgIpc) is 2.96. The minimum atomic E-state index is -0.104. The number of hydrogen-bond donors (Lipinski definition) is 2. The van der Waals surface area contributed by atoms with Crippen molar-refractivity contribution in [2.24, 2.45) is 0 Å². The lowest BCUT2D eigenvalue weighted by atomic mass is 10.5. The molecule has 0 aliphatic rings. The summed E-state index contributed by atoms with van der Waals surface area (Å²) in [5, 5.41) is 12.5. The molecule has 2 aromatic rings. The SMILES string of the molecule is CCc1nc(SCC(=O)Nc2nccs2)n[nH]1. The first kappa shape index (κ1) is 12.1. The summed E-state index contributed by atoms with van der Waals surface area (Å²) in [7, 11) is 0. The molecule has 0 atom stereocenters. The second-order valence-corrected chi connectivity index (χ2v) is 4.93. The normalized spacial score (nSPS) is 10.4. The van der Waals surface area contributed by atoms with Crippen LogP contribution in [0.2, 0.25) is 0 Å². The minimum absolute atomic E-state index is 0.104. The van der Waals surface area contributed by atoms with Gasteiger partial charge in [0.15, 0.2) is 5.13 Å². The Balaban J connectivity index is 1.79. The lowest BCUT2D eigenvalue weighted by Crippen LogP contribution is -2.13. The quantitative estimate of drug-likeness (QED) is 0.805. The van der Waals surface area contributed by atoms with Gasteiger partial charge in [0.1, 0.15) is 5.82 Å². The molecule has 0 saturated heterocycles. The molecular weight excluding hydrogens is 258 g/mol. The Kier molecular flexibility index (Phi) is 4.10. The third-order valence-electron chi connectivity index (χ3n) is 1.86. The number of nitrogens with one attached hydrogen (secondary N) is 2. The Hall–Kier alpha value is -1.41. The van der Waals surface area contributed by atoms with Crippen LogP contribution in [0.25, 0.3) is 0 Å². The molecule has 0 radical (unpaired) electrons. The van der Waals surface area contributed by atoms with Gasteiger partial charge in [0.25, 0.3) is 0 Å². The molecule has 2 rings (SSSR count). The number of thiazole rings is 1. The molecule has 0 saturated carbocycles. The number of aromatic nitrogens is 4. The fraction of sp³-hybridized carbons (Fsp3) is 0.333. The molecule has 0 unspecified atom stereocenters. The number of rotatable bonds is 5. The molecule has 1 amide bonds. The molecule has 6 nitrogen and oxygen atoms in total. The van der Waals surface area contributed by atoms with Crippen LogP contribution in [0.15, 0.2) is 16.7 Å². The largest absolute Gasteiger partial charge is 0.301 e. The van der Waals surface area contributed by atoms with E-state index >= 15 is 0 Å². The van der Waals surface area contributed by atoms with Crippen LogP contribution < -0.4 is 5.32 Å². The molecule has 90 valence electrons. The van der Waals surface area contributed by atoms with Crippen LogP contribution in [-0.2, 0) is 11.2 Å². The minimum Gasteiger partial charge on any atom is -0.301 e. The van der Waals surface area contributed by atoms with E-state index in [0.717, 1.165) is 12.2 Å². The van der Waals surface area contributed by atoms with Gasteiger partial charge in [-0.25, -0.2) is 9.97 Å². The van der Waals surface area contributed by atoms with Gasteiger partial charge in [0.05, 0.1) is 5.75 Å². The summed E-state index contributed by atoms with van der Waals surface area (Å²) >= 11 is 2.69. The first-order valence-electron chi connectivity index (χ1n) is 5.01. The van der Waals surface area contributed by atoms with Gasteiger partial charge in [0.2, 0.25) is 11.1 Å². The molecule has 2 N–H and O–H groups in total. The van der Waals surface area contributed by atoms with Crippen molar-refractivity contribution in [3.63, 3.8) is 0 Å². The summed E-state index contributed by atoms with van der Waals surface area (Å²) in [5.41, 5.74) is 0. The first-order valence-corrected chi connectivity index (χ1v) is 6.88. The van der Waals surface area contributed by atoms with Crippen molar-refractivity contribution < 1.29 is 4.79 Å². The van der Waals surface area contributed by atoms with E-state index < -0.39 is 0 Å². The number of carbonyl (C=O) groups excluding carboxylic acids is 1.